The number of rotatable bonds is 7. The maximum absolute atomic E-state index is 5.90. The molecule has 1 aromatic heterocycles. The Morgan fingerprint density at radius 1 is 1.42 bits per heavy atom. The van der Waals surface area contributed by atoms with Gasteiger partial charge >= 0.3 is 0 Å². The highest BCUT2D eigenvalue weighted by Crippen LogP contribution is 2.22. The first-order valence-electron chi connectivity index (χ1n) is 7.00. The molecule has 2 atom stereocenters. The quantitative estimate of drug-likeness (QED) is 0.798. The highest BCUT2D eigenvalue weighted by atomic mass is 16.5. The summed E-state index contributed by atoms with van der Waals surface area (Å²) >= 11 is 0. The van der Waals surface area contributed by atoms with E-state index < -0.39 is 0 Å². The van der Waals surface area contributed by atoms with Crippen LogP contribution in [0.25, 0.3) is 0 Å². The van der Waals surface area contributed by atoms with Gasteiger partial charge in [-0.2, -0.15) is 0 Å². The lowest BCUT2D eigenvalue weighted by Gasteiger charge is -2.28. The van der Waals surface area contributed by atoms with Gasteiger partial charge in [-0.15, -0.1) is 5.10 Å². The van der Waals surface area contributed by atoms with Crippen molar-refractivity contribution in [1.82, 2.24) is 20.3 Å². The van der Waals surface area contributed by atoms with E-state index in [4.69, 9.17) is 9.47 Å². The lowest BCUT2D eigenvalue weighted by atomic mass is 9.95. The number of nitrogens with one attached hydrogen (secondary N) is 1. The van der Waals surface area contributed by atoms with Crippen LogP contribution in [0.15, 0.2) is 6.20 Å². The Bertz CT molecular complexity index is 369. The molecule has 0 aromatic carbocycles. The summed E-state index contributed by atoms with van der Waals surface area (Å²) in [5.41, 5.74) is 0.958. The summed E-state index contributed by atoms with van der Waals surface area (Å²) in [6.07, 6.45) is 7.16. The second kappa shape index (κ2) is 7.57. The Balaban J connectivity index is 1.67. The maximum Gasteiger partial charge on any atom is 0.0964 e. The summed E-state index contributed by atoms with van der Waals surface area (Å²) in [7, 11) is 3.68. The molecule has 2 unspecified atom stereocenters. The Hall–Kier alpha value is -0.980. The third kappa shape index (κ3) is 4.56. The molecule has 1 fully saturated rings. The van der Waals surface area contributed by atoms with Gasteiger partial charge in [0.05, 0.1) is 31.1 Å². The number of methoxy groups -OCH3 is 1. The molecule has 6 heteroatoms. The van der Waals surface area contributed by atoms with Crippen molar-refractivity contribution in [2.45, 2.75) is 51.0 Å². The summed E-state index contributed by atoms with van der Waals surface area (Å²) in [6, 6.07) is 0. The van der Waals surface area contributed by atoms with E-state index in [9.17, 15) is 0 Å². The minimum Gasteiger partial charge on any atom is -0.381 e. The number of aromatic nitrogens is 3. The Morgan fingerprint density at radius 2 is 2.26 bits per heavy atom. The fourth-order valence-corrected chi connectivity index (χ4v) is 2.49. The second-order valence-electron chi connectivity index (χ2n) is 5.02. The van der Waals surface area contributed by atoms with E-state index in [1.807, 2.05) is 17.9 Å². The van der Waals surface area contributed by atoms with E-state index >= 15 is 0 Å². The topological polar surface area (TPSA) is 61.2 Å². The first-order valence-corrected chi connectivity index (χ1v) is 7.00. The van der Waals surface area contributed by atoms with Crippen molar-refractivity contribution in [3.8, 4) is 0 Å². The number of ether oxygens (including phenoxy) is 2. The van der Waals surface area contributed by atoms with Crippen molar-refractivity contribution >= 4 is 0 Å². The first kappa shape index (κ1) is 14.4. The SMILES string of the molecule is CNCc1cn(CCOC2CCCC(OC)C2)nn1. The summed E-state index contributed by atoms with van der Waals surface area (Å²) in [5, 5.41) is 11.2. The molecule has 108 valence electrons. The molecule has 0 amide bonds. The summed E-state index contributed by atoms with van der Waals surface area (Å²) in [5.74, 6) is 0. The van der Waals surface area contributed by atoms with Crippen LogP contribution < -0.4 is 5.32 Å². The molecule has 2 rings (SSSR count). The van der Waals surface area contributed by atoms with Crippen LogP contribution in [-0.2, 0) is 22.6 Å². The molecule has 1 saturated carbocycles. The predicted octanol–water partition coefficient (Wildman–Crippen LogP) is 0.972. The highest BCUT2D eigenvalue weighted by molar-refractivity contribution is 4.90. The molecule has 0 saturated heterocycles. The van der Waals surface area contributed by atoms with Gasteiger partial charge in [0.2, 0.25) is 0 Å². The zero-order chi connectivity index (χ0) is 13.5. The van der Waals surface area contributed by atoms with Crippen molar-refractivity contribution < 1.29 is 9.47 Å². The van der Waals surface area contributed by atoms with Crippen molar-refractivity contribution in [3.05, 3.63) is 11.9 Å². The van der Waals surface area contributed by atoms with Crippen LogP contribution in [0.3, 0.4) is 0 Å². The van der Waals surface area contributed by atoms with Gasteiger partial charge in [-0.1, -0.05) is 5.21 Å². The molecular weight excluding hydrogens is 244 g/mol. The molecule has 0 bridgehead atoms. The van der Waals surface area contributed by atoms with E-state index in [2.05, 4.69) is 15.6 Å². The van der Waals surface area contributed by atoms with Crippen LogP contribution >= 0.6 is 0 Å². The molecule has 1 aliphatic carbocycles. The Kier molecular flexibility index (Phi) is 5.75. The van der Waals surface area contributed by atoms with Gasteiger partial charge in [0.25, 0.3) is 0 Å². The fourth-order valence-electron chi connectivity index (χ4n) is 2.49. The number of nitrogens with zero attached hydrogens (tertiary/aromatic N) is 3. The minimum atomic E-state index is 0.332. The van der Waals surface area contributed by atoms with E-state index in [1.165, 1.54) is 6.42 Å². The fraction of sp³-hybridized carbons (Fsp3) is 0.846. The largest absolute Gasteiger partial charge is 0.381 e. The lowest BCUT2D eigenvalue weighted by Crippen LogP contribution is -2.28. The predicted molar refractivity (Wildman–Crippen MR) is 71.8 cm³/mol. The average molecular weight is 268 g/mol. The average Bonchev–Trinajstić information content (AvgIpc) is 2.87. The van der Waals surface area contributed by atoms with Gasteiger partial charge in [0.1, 0.15) is 0 Å². The summed E-state index contributed by atoms with van der Waals surface area (Å²) in [6.45, 7) is 2.19. The standard InChI is InChI=1S/C13H24N4O2/c1-14-9-11-10-17(16-15-11)6-7-19-13-5-3-4-12(8-13)18-2/h10,12-14H,3-9H2,1-2H3. The molecule has 0 spiro atoms. The van der Waals surface area contributed by atoms with Crippen LogP contribution in [0, 0.1) is 0 Å². The van der Waals surface area contributed by atoms with Crippen molar-refractivity contribution in [3.63, 3.8) is 0 Å². The molecule has 1 N–H and O–H groups in total. The van der Waals surface area contributed by atoms with Crippen molar-refractivity contribution in [2.75, 3.05) is 20.8 Å². The lowest BCUT2D eigenvalue weighted by molar-refractivity contribution is -0.0320. The van der Waals surface area contributed by atoms with Gasteiger partial charge in [-0.3, -0.25) is 0 Å². The van der Waals surface area contributed by atoms with Gasteiger partial charge in [-0.25, -0.2) is 4.68 Å². The van der Waals surface area contributed by atoms with Crippen molar-refractivity contribution in [1.29, 1.82) is 0 Å². The van der Waals surface area contributed by atoms with Crippen LogP contribution in [0.1, 0.15) is 31.4 Å². The maximum atomic E-state index is 5.90. The van der Waals surface area contributed by atoms with E-state index in [0.29, 0.717) is 18.8 Å². The number of hydrogen-bond donors (Lipinski definition) is 1. The normalized spacial score (nSPS) is 23.7. The third-order valence-corrected chi connectivity index (χ3v) is 3.53. The van der Waals surface area contributed by atoms with Crippen LogP contribution in [0.5, 0.6) is 0 Å². The number of hydrogen-bond acceptors (Lipinski definition) is 5. The zero-order valence-corrected chi connectivity index (χ0v) is 11.8. The molecule has 1 heterocycles. The van der Waals surface area contributed by atoms with Gasteiger partial charge in [0, 0.05) is 19.9 Å². The Morgan fingerprint density at radius 3 is 3.05 bits per heavy atom. The Labute approximate surface area is 114 Å². The highest BCUT2D eigenvalue weighted by Gasteiger charge is 2.21. The van der Waals surface area contributed by atoms with E-state index in [1.54, 1.807) is 7.11 Å². The van der Waals surface area contributed by atoms with Gasteiger partial charge in [-0.05, 0) is 32.7 Å². The zero-order valence-electron chi connectivity index (χ0n) is 11.8. The van der Waals surface area contributed by atoms with E-state index in [-0.39, 0.29) is 0 Å². The summed E-state index contributed by atoms with van der Waals surface area (Å²) < 4.78 is 13.1. The van der Waals surface area contributed by atoms with Crippen molar-refractivity contribution in [2.24, 2.45) is 0 Å². The molecule has 0 aliphatic heterocycles. The third-order valence-electron chi connectivity index (χ3n) is 3.53. The molecular formula is C13H24N4O2. The van der Waals surface area contributed by atoms with E-state index in [0.717, 1.165) is 38.0 Å². The van der Waals surface area contributed by atoms with Crippen LogP contribution in [0.2, 0.25) is 0 Å². The van der Waals surface area contributed by atoms with Gasteiger partial charge < -0.3 is 14.8 Å². The second-order valence-corrected chi connectivity index (χ2v) is 5.02. The van der Waals surface area contributed by atoms with Gasteiger partial charge in [0.15, 0.2) is 0 Å². The van der Waals surface area contributed by atoms with Crippen LogP contribution in [-0.4, -0.2) is 48.0 Å². The summed E-state index contributed by atoms with van der Waals surface area (Å²) in [4.78, 5) is 0. The molecule has 6 nitrogen and oxygen atoms in total. The molecule has 1 aromatic rings. The molecule has 19 heavy (non-hydrogen) atoms. The minimum absolute atomic E-state index is 0.332. The molecule has 0 radical (unpaired) electrons. The molecule has 1 aliphatic rings. The monoisotopic (exact) mass is 268 g/mol. The smallest absolute Gasteiger partial charge is 0.0964 e. The van der Waals surface area contributed by atoms with Crippen LogP contribution in [0.4, 0.5) is 0 Å². The first-order chi connectivity index (χ1) is 9.31.